The van der Waals surface area contributed by atoms with Gasteiger partial charge in [0.2, 0.25) is 0 Å². The molecular weight excluding hydrogens is 377 g/mol. The van der Waals surface area contributed by atoms with E-state index in [1.54, 1.807) is 12.1 Å². The number of hydrogen-bond acceptors (Lipinski definition) is 2. The molecule has 29 heavy (non-hydrogen) atoms. The fraction of sp³-hybridized carbons (Fsp3) is 0.435. The third-order valence-corrected chi connectivity index (χ3v) is 5.47. The van der Waals surface area contributed by atoms with Crippen LogP contribution in [0.3, 0.4) is 0 Å². The fourth-order valence-electron chi connectivity index (χ4n) is 3.91. The molecule has 0 bridgehead atoms. The van der Waals surface area contributed by atoms with Crippen LogP contribution in [0.1, 0.15) is 47.7 Å². The van der Waals surface area contributed by atoms with Crippen molar-refractivity contribution in [1.29, 1.82) is 0 Å². The van der Waals surface area contributed by atoms with Gasteiger partial charge in [-0.25, -0.2) is 0 Å². The van der Waals surface area contributed by atoms with Crippen molar-refractivity contribution in [3.8, 4) is 0 Å². The van der Waals surface area contributed by atoms with E-state index in [4.69, 9.17) is 0 Å². The van der Waals surface area contributed by atoms with Crippen LogP contribution in [0.4, 0.5) is 13.2 Å². The standard InChI is InChI=1S/C23H27F3N2O/c1-2-14-28(17-18-8-10-20(11-9-18)23(24,25)26)21-12-15-27(16-13-21)22(29)19-6-4-3-5-7-19/h3-11,21H,2,12-17H2,1H3. The Morgan fingerprint density at radius 2 is 1.66 bits per heavy atom. The molecule has 156 valence electrons. The van der Waals surface area contributed by atoms with Crippen molar-refractivity contribution in [2.24, 2.45) is 0 Å². The van der Waals surface area contributed by atoms with E-state index >= 15 is 0 Å². The first-order valence-corrected chi connectivity index (χ1v) is 10.1. The van der Waals surface area contributed by atoms with E-state index in [1.165, 1.54) is 0 Å². The summed E-state index contributed by atoms with van der Waals surface area (Å²) in [5.41, 5.74) is 0.978. The van der Waals surface area contributed by atoms with Crippen LogP contribution in [0.15, 0.2) is 54.6 Å². The third kappa shape index (κ3) is 5.60. The molecule has 1 aliphatic heterocycles. The molecule has 1 amide bonds. The van der Waals surface area contributed by atoms with Gasteiger partial charge >= 0.3 is 6.18 Å². The molecule has 0 saturated carbocycles. The predicted octanol–water partition coefficient (Wildman–Crippen LogP) is 5.22. The number of nitrogens with zero attached hydrogens (tertiary/aromatic N) is 2. The lowest BCUT2D eigenvalue weighted by atomic mass is 10.0. The first kappa shape index (κ1) is 21.4. The van der Waals surface area contributed by atoms with Crippen molar-refractivity contribution in [1.82, 2.24) is 9.80 Å². The Hall–Kier alpha value is -2.34. The molecule has 0 aromatic heterocycles. The summed E-state index contributed by atoms with van der Waals surface area (Å²) >= 11 is 0. The largest absolute Gasteiger partial charge is 0.416 e. The second-order valence-electron chi connectivity index (χ2n) is 7.55. The van der Waals surface area contributed by atoms with Crippen molar-refractivity contribution in [2.75, 3.05) is 19.6 Å². The zero-order valence-electron chi connectivity index (χ0n) is 16.7. The minimum absolute atomic E-state index is 0.0637. The Kier molecular flexibility index (Phi) is 6.96. The molecule has 0 aliphatic carbocycles. The minimum Gasteiger partial charge on any atom is -0.339 e. The summed E-state index contributed by atoms with van der Waals surface area (Å²) in [5.74, 6) is 0.0637. The summed E-state index contributed by atoms with van der Waals surface area (Å²) in [4.78, 5) is 16.9. The number of carbonyl (C=O) groups excluding carboxylic acids is 1. The van der Waals surface area contributed by atoms with Crippen LogP contribution in [0, 0.1) is 0 Å². The van der Waals surface area contributed by atoms with Crippen LogP contribution in [0.2, 0.25) is 0 Å². The number of halogens is 3. The zero-order chi connectivity index (χ0) is 20.9. The maximum atomic E-state index is 12.8. The summed E-state index contributed by atoms with van der Waals surface area (Å²) in [6, 6.07) is 15.1. The summed E-state index contributed by atoms with van der Waals surface area (Å²) in [6.45, 7) is 5.02. The smallest absolute Gasteiger partial charge is 0.339 e. The molecule has 0 spiro atoms. The number of benzene rings is 2. The molecule has 1 saturated heterocycles. The van der Waals surface area contributed by atoms with Gasteiger partial charge in [0, 0.05) is 31.2 Å². The first-order chi connectivity index (χ1) is 13.9. The molecule has 3 rings (SSSR count). The van der Waals surface area contributed by atoms with Crippen LogP contribution in [-0.2, 0) is 12.7 Å². The monoisotopic (exact) mass is 404 g/mol. The summed E-state index contributed by atoms with van der Waals surface area (Å²) < 4.78 is 38.3. The second kappa shape index (κ2) is 9.44. The van der Waals surface area contributed by atoms with Gasteiger partial charge in [0.25, 0.3) is 5.91 Å². The van der Waals surface area contributed by atoms with Crippen LogP contribution >= 0.6 is 0 Å². The van der Waals surface area contributed by atoms with Gasteiger partial charge in [-0.15, -0.1) is 0 Å². The molecular formula is C23H27F3N2O. The molecule has 1 fully saturated rings. The molecule has 1 aliphatic rings. The van der Waals surface area contributed by atoms with E-state index in [2.05, 4.69) is 11.8 Å². The molecule has 0 radical (unpaired) electrons. The van der Waals surface area contributed by atoms with Crippen molar-refractivity contribution >= 4 is 5.91 Å². The Balaban J connectivity index is 1.60. The average Bonchev–Trinajstić information content (AvgIpc) is 2.73. The topological polar surface area (TPSA) is 23.6 Å². The van der Waals surface area contributed by atoms with E-state index in [1.807, 2.05) is 35.2 Å². The van der Waals surface area contributed by atoms with Crippen LogP contribution in [0.25, 0.3) is 0 Å². The minimum atomic E-state index is -4.31. The van der Waals surface area contributed by atoms with Gasteiger partial charge in [-0.3, -0.25) is 9.69 Å². The van der Waals surface area contributed by atoms with E-state index in [-0.39, 0.29) is 5.91 Å². The van der Waals surface area contributed by atoms with Gasteiger partial charge in [-0.2, -0.15) is 13.2 Å². The summed E-state index contributed by atoms with van der Waals surface area (Å²) in [7, 11) is 0. The molecule has 0 atom stereocenters. The number of rotatable bonds is 6. The molecule has 1 heterocycles. The highest BCUT2D eigenvalue weighted by Crippen LogP contribution is 2.29. The van der Waals surface area contributed by atoms with Gasteiger partial charge in [0.1, 0.15) is 0 Å². The van der Waals surface area contributed by atoms with Gasteiger partial charge in [-0.1, -0.05) is 37.3 Å². The number of hydrogen-bond donors (Lipinski definition) is 0. The number of likely N-dealkylation sites (tertiary alicyclic amines) is 1. The zero-order valence-corrected chi connectivity index (χ0v) is 16.7. The molecule has 0 unspecified atom stereocenters. The Morgan fingerprint density at radius 1 is 1.03 bits per heavy atom. The second-order valence-corrected chi connectivity index (χ2v) is 7.55. The van der Waals surface area contributed by atoms with Gasteiger partial charge in [-0.05, 0) is 55.6 Å². The highest BCUT2D eigenvalue weighted by Gasteiger charge is 2.30. The maximum Gasteiger partial charge on any atom is 0.416 e. The highest BCUT2D eigenvalue weighted by atomic mass is 19.4. The molecule has 3 nitrogen and oxygen atoms in total. The summed E-state index contributed by atoms with van der Waals surface area (Å²) in [6.07, 6.45) is -1.58. The van der Waals surface area contributed by atoms with Gasteiger partial charge in [0.15, 0.2) is 0 Å². The van der Waals surface area contributed by atoms with E-state index < -0.39 is 11.7 Å². The van der Waals surface area contributed by atoms with Crippen LogP contribution < -0.4 is 0 Å². The third-order valence-electron chi connectivity index (χ3n) is 5.47. The molecule has 2 aromatic carbocycles. The van der Waals surface area contributed by atoms with E-state index in [0.717, 1.165) is 43.5 Å². The van der Waals surface area contributed by atoms with E-state index in [9.17, 15) is 18.0 Å². The van der Waals surface area contributed by atoms with Crippen molar-refractivity contribution in [2.45, 2.75) is 44.9 Å². The normalized spacial score (nSPS) is 15.7. The van der Waals surface area contributed by atoms with Crippen molar-refractivity contribution in [3.63, 3.8) is 0 Å². The number of piperidine rings is 1. The first-order valence-electron chi connectivity index (χ1n) is 10.1. The fourth-order valence-corrected chi connectivity index (χ4v) is 3.91. The van der Waals surface area contributed by atoms with Gasteiger partial charge in [0.05, 0.1) is 5.56 Å². The lowest BCUT2D eigenvalue weighted by Gasteiger charge is -2.38. The predicted molar refractivity (Wildman–Crippen MR) is 108 cm³/mol. The SMILES string of the molecule is CCCN(Cc1ccc(C(F)(F)F)cc1)C1CCN(C(=O)c2ccccc2)CC1. The summed E-state index contributed by atoms with van der Waals surface area (Å²) in [5, 5.41) is 0. The number of alkyl halides is 3. The molecule has 2 aromatic rings. The van der Waals surface area contributed by atoms with Crippen LogP contribution in [-0.4, -0.2) is 41.4 Å². The van der Waals surface area contributed by atoms with E-state index in [0.29, 0.717) is 31.2 Å². The number of carbonyl (C=O) groups is 1. The van der Waals surface area contributed by atoms with Crippen molar-refractivity contribution in [3.05, 3.63) is 71.3 Å². The average molecular weight is 404 g/mol. The quantitative estimate of drug-likeness (QED) is 0.659. The van der Waals surface area contributed by atoms with Crippen LogP contribution in [0.5, 0.6) is 0 Å². The lowest BCUT2D eigenvalue weighted by molar-refractivity contribution is -0.137. The Bertz CT molecular complexity index is 782. The Labute approximate surface area is 170 Å². The molecule has 6 heteroatoms. The highest BCUT2D eigenvalue weighted by molar-refractivity contribution is 5.94. The Morgan fingerprint density at radius 3 is 2.21 bits per heavy atom. The molecule has 0 N–H and O–H groups in total. The van der Waals surface area contributed by atoms with Crippen molar-refractivity contribution < 1.29 is 18.0 Å². The maximum absolute atomic E-state index is 12.8. The number of amides is 1. The van der Waals surface area contributed by atoms with Gasteiger partial charge < -0.3 is 4.90 Å². The lowest BCUT2D eigenvalue weighted by Crippen LogP contribution is -2.46.